The second-order valence-electron chi connectivity index (χ2n) is 6.73. The van der Waals surface area contributed by atoms with Crippen molar-refractivity contribution in [2.75, 3.05) is 37.6 Å². The molecule has 0 atom stereocenters. The maximum absolute atomic E-state index is 12.4. The van der Waals surface area contributed by atoms with Crippen LogP contribution in [0.4, 0.5) is 5.69 Å². The molecule has 0 bridgehead atoms. The number of rotatable bonds is 5. The van der Waals surface area contributed by atoms with E-state index in [1.807, 2.05) is 6.07 Å². The van der Waals surface area contributed by atoms with Crippen LogP contribution in [0.1, 0.15) is 15.9 Å². The number of nitrogens with one attached hydrogen (secondary N) is 1. The lowest BCUT2D eigenvalue weighted by Gasteiger charge is -2.36. The number of nitrogens with zero attached hydrogens (tertiary/aromatic N) is 2. The molecule has 1 fully saturated rings. The average molecular weight is 400 g/mol. The molecule has 3 rings (SSSR count). The summed E-state index contributed by atoms with van der Waals surface area (Å²) in [7, 11) is 0. The summed E-state index contributed by atoms with van der Waals surface area (Å²) < 4.78 is 0. The van der Waals surface area contributed by atoms with Crippen LogP contribution in [-0.2, 0) is 9.59 Å². The van der Waals surface area contributed by atoms with Crippen molar-refractivity contribution in [2.45, 2.75) is 6.92 Å². The van der Waals surface area contributed by atoms with Gasteiger partial charge >= 0.3 is 0 Å². The Morgan fingerprint density at radius 3 is 2.39 bits per heavy atom. The molecule has 0 radical (unpaired) electrons. The molecule has 0 unspecified atom stereocenters. The van der Waals surface area contributed by atoms with E-state index >= 15 is 0 Å². The number of Topliss-reactive ketones (excluding diaryl/α,β-unsaturated/α-hetero) is 1. The number of aryl methyl sites for hydroxylation is 1. The molecule has 146 valence electrons. The van der Waals surface area contributed by atoms with Crippen LogP contribution in [0, 0.1) is 6.92 Å². The van der Waals surface area contributed by atoms with Crippen LogP contribution in [0.2, 0.25) is 5.02 Å². The fraction of sp³-hybridized carbons (Fsp3) is 0.286. The monoisotopic (exact) mass is 399 g/mol. The van der Waals surface area contributed by atoms with E-state index in [0.29, 0.717) is 18.1 Å². The number of amides is 2. The first-order valence-corrected chi connectivity index (χ1v) is 9.49. The van der Waals surface area contributed by atoms with E-state index in [2.05, 4.69) is 35.3 Å². The van der Waals surface area contributed by atoms with Crippen LogP contribution in [0.25, 0.3) is 0 Å². The fourth-order valence-corrected chi connectivity index (χ4v) is 3.34. The quantitative estimate of drug-likeness (QED) is 0.618. The fourth-order valence-electron chi connectivity index (χ4n) is 3.15. The van der Waals surface area contributed by atoms with Crippen LogP contribution >= 0.6 is 11.6 Å². The smallest absolute Gasteiger partial charge is 0.292 e. The molecule has 1 heterocycles. The van der Waals surface area contributed by atoms with E-state index in [-0.39, 0.29) is 18.0 Å². The van der Waals surface area contributed by atoms with Crippen molar-refractivity contribution in [2.24, 2.45) is 0 Å². The lowest BCUT2D eigenvalue weighted by atomic mass is 10.1. The highest BCUT2D eigenvalue weighted by Crippen LogP contribution is 2.17. The van der Waals surface area contributed by atoms with Crippen molar-refractivity contribution in [1.82, 2.24) is 10.2 Å². The van der Waals surface area contributed by atoms with E-state index in [0.717, 1.165) is 18.8 Å². The van der Waals surface area contributed by atoms with E-state index in [9.17, 15) is 14.4 Å². The van der Waals surface area contributed by atoms with E-state index in [4.69, 9.17) is 11.6 Å². The highest BCUT2D eigenvalue weighted by Gasteiger charge is 2.23. The molecule has 1 N–H and O–H groups in total. The maximum atomic E-state index is 12.4. The third kappa shape index (κ3) is 4.89. The molecule has 1 saturated heterocycles. The summed E-state index contributed by atoms with van der Waals surface area (Å²) in [5.74, 6) is -1.72. The second kappa shape index (κ2) is 8.89. The molecular weight excluding hydrogens is 378 g/mol. The van der Waals surface area contributed by atoms with Crippen molar-refractivity contribution in [3.63, 3.8) is 0 Å². The summed E-state index contributed by atoms with van der Waals surface area (Å²) >= 11 is 5.84. The van der Waals surface area contributed by atoms with Gasteiger partial charge in [-0.3, -0.25) is 14.4 Å². The highest BCUT2D eigenvalue weighted by atomic mass is 35.5. The predicted octanol–water partition coefficient (Wildman–Crippen LogP) is 2.30. The number of hydrogen-bond donors (Lipinski definition) is 1. The lowest BCUT2D eigenvalue weighted by Crippen LogP contribution is -2.51. The molecule has 0 aromatic heterocycles. The first kappa shape index (κ1) is 19.9. The topological polar surface area (TPSA) is 69.7 Å². The third-order valence-corrected chi connectivity index (χ3v) is 4.93. The Morgan fingerprint density at radius 2 is 1.71 bits per heavy atom. The molecule has 0 saturated carbocycles. The van der Waals surface area contributed by atoms with Gasteiger partial charge in [0.2, 0.25) is 11.7 Å². The van der Waals surface area contributed by atoms with E-state index in [1.165, 1.54) is 17.7 Å². The zero-order chi connectivity index (χ0) is 20.1. The van der Waals surface area contributed by atoms with Gasteiger partial charge in [-0.15, -0.1) is 0 Å². The molecule has 0 aliphatic carbocycles. The molecule has 28 heavy (non-hydrogen) atoms. The van der Waals surface area contributed by atoms with Crippen molar-refractivity contribution in [3.05, 3.63) is 64.7 Å². The zero-order valence-electron chi connectivity index (χ0n) is 15.7. The van der Waals surface area contributed by atoms with Crippen LogP contribution in [0.5, 0.6) is 0 Å². The van der Waals surface area contributed by atoms with Crippen molar-refractivity contribution in [3.8, 4) is 0 Å². The standard InChI is InChI=1S/C21H22ClN3O3/c1-15-4-2-7-18(12-15)24-8-10-25(11-9-24)19(26)14-23-21(28)20(27)16-5-3-6-17(22)13-16/h2-7,12-13H,8-11,14H2,1H3,(H,23,28). The van der Waals surface area contributed by atoms with Crippen molar-refractivity contribution < 1.29 is 14.4 Å². The van der Waals surface area contributed by atoms with Gasteiger partial charge in [0.15, 0.2) is 0 Å². The number of anilines is 1. The minimum Gasteiger partial charge on any atom is -0.368 e. The molecule has 1 aliphatic rings. The van der Waals surface area contributed by atoms with Gasteiger partial charge in [0.1, 0.15) is 0 Å². The minimum atomic E-state index is -0.811. The van der Waals surface area contributed by atoms with Crippen LogP contribution in [-0.4, -0.2) is 55.2 Å². The summed E-state index contributed by atoms with van der Waals surface area (Å²) in [5.41, 5.74) is 2.54. The Bertz CT molecular complexity index is 892. The van der Waals surface area contributed by atoms with E-state index < -0.39 is 11.7 Å². The molecule has 6 nitrogen and oxygen atoms in total. The molecule has 2 amide bonds. The molecule has 7 heteroatoms. The number of benzene rings is 2. The zero-order valence-corrected chi connectivity index (χ0v) is 16.4. The van der Waals surface area contributed by atoms with Gasteiger partial charge in [0, 0.05) is 42.5 Å². The van der Waals surface area contributed by atoms with Gasteiger partial charge in [0.25, 0.3) is 5.91 Å². The summed E-state index contributed by atoms with van der Waals surface area (Å²) in [4.78, 5) is 40.5. The number of carbonyl (C=O) groups excluding carboxylic acids is 3. The van der Waals surface area contributed by atoms with Crippen LogP contribution in [0.15, 0.2) is 48.5 Å². The molecule has 0 spiro atoms. The van der Waals surface area contributed by atoms with Gasteiger partial charge in [0.05, 0.1) is 6.54 Å². The van der Waals surface area contributed by atoms with Gasteiger partial charge in [-0.05, 0) is 36.8 Å². The lowest BCUT2D eigenvalue weighted by molar-refractivity contribution is -0.132. The number of piperazine rings is 1. The first-order chi connectivity index (χ1) is 13.4. The predicted molar refractivity (Wildman–Crippen MR) is 109 cm³/mol. The Hall–Kier alpha value is -2.86. The summed E-state index contributed by atoms with van der Waals surface area (Å²) in [6, 6.07) is 14.4. The highest BCUT2D eigenvalue weighted by molar-refractivity contribution is 6.43. The first-order valence-electron chi connectivity index (χ1n) is 9.11. The molecule has 1 aliphatic heterocycles. The number of carbonyl (C=O) groups is 3. The number of hydrogen-bond acceptors (Lipinski definition) is 4. The van der Waals surface area contributed by atoms with Gasteiger partial charge in [-0.2, -0.15) is 0 Å². The largest absolute Gasteiger partial charge is 0.368 e. The van der Waals surface area contributed by atoms with Gasteiger partial charge < -0.3 is 15.1 Å². The Morgan fingerprint density at radius 1 is 1.00 bits per heavy atom. The van der Waals surface area contributed by atoms with Gasteiger partial charge in [-0.1, -0.05) is 35.9 Å². The molecular formula is C21H22ClN3O3. The summed E-state index contributed by atoms with van der Waals surface area (Å²) in [5, 5.41) is 2.79. The SMILES string of the molecule is Cc1cccc(N2CCN(C(=O)CNC(=O)C(=O)c3cccc(Cl)c3)CC2)c1. The van der Waals surface area contributed by atoms with Crippen LogP contribution < -0.4 is 10.2 Å². The Balaban J connectivity index is 1.48. The van der Waals surface area contributed by atoms with E-state index in [1.54, 1.807) is 17.0 Å². The maximum Gasteiger partial charge on any atom is 0.292 e. The summed E-state index contributed by atoms with van der Waals surface area (Å²) in [6.07, 6.45) is 0. The Labute approximate surface area is 169 Å². The van der Waals surface area contributed by atoms with Crippen molar-refractivity contribution in [1.29, 1.82) is 0 Å². The third-order valence-electron chi connectivity index (χ3n) is 4.69. The number of halogens is 1. The van der Waals surface area contributed by atoms with Crippen LogP contribution in [0.3, 0.4) is 0 Å². The second-order valence-corrected chi connectivity index (χ2v) is 7.17. The normalized spacial score (nSPS) is 13.9. The average Bonchev–Trinajstić information content (AvgIpc) is 2.71. The van der Waals surface area contributed by atoms with Gasteiger partial charge in [-0.25, -0.2) is 0 Å². The summed E-state index contributed by atoms with van der Waals surface area (Å²) in [6.45, 7) is 4.46. The Kier molecular flexibility index (Phi) is 6.31. The molecule has 2 aromatic rings. The van der Waals surface area contributed by atoms with Crippen molar-refractivity contribution >= 4 is 34.9 Å². The number of ketones is 1. The molecule has 2 aromatic carbocycles. The minimum absolute atomic E-state index is 0.198.